The molecule has 1 atom stereocenters. The summed E-state index contributed by atoms with van der Waals surface area (Å²) in [7, 11) is 0. The molecule has 0 aliphatic carbocycles. The number of thioether (sulfide) groups is 1. The number of carbonyl (C=O) groups is 2. The molecule has 0 fully saturated rings. The zero-order valence-corrected chi connectivity index (χ0v) is 19.1. The third-order valence-electron chi connectivity index (χ3n) is 4.71. The molecule has 8 nitrogen and oxygen atoms in total. The van der Waals surface area contributed by atoms with Gasteiger partial charge >= 0.3 is 5.97 Å². The molecular weight excluding hydrogens is 434 g/mol. The van der Waals surface area contributed by atoms with Crippen LogP contribution in [0.3, 0.4) is 0 Å². The summed E-state index contributed by atoms with van der Waals surface area (Å²) in [5.41, 5.74) is 3.38. The van der Waals surface area contributed by atoms with Gasteiger partial charge in [0, 0.05) is 5.39 Å². The van der Waals surface area contributed by atoms with Crippen molar-refractivity contribution < 1.29 is 14.3 Å². The lowest BCUT2D eigenvalue weighted by atomic mass is 10.1. The number of aromatic nitrogens is 4. The monoisotopic (exact) mass is 455 g/mol. The van der Waals surface area contributed by atoms with Crippen LogP contribution in [0, 0.1) is 13.8 Å². The number of nitrogens with zero attached hydrogens (tertiary/aromatic N) is 4. The number of anilines is 1. The highest BCUT2D eigenvalue weighted by atomic mass is 32.2. The Morgan fingerprint density at radius 3 is 2.81 bits per heavy atom. The highest BCUT2D eigenvalue weighted by molar-refractivity contribution is 8.00. The summed E-state index contributed by atoms with van der Waals surface area (Å²) in [6.45, 7) is 7.58. The summed E-state index contributed by atoms with van der Waals surface area (Å²) < 4.78 is 6.99. The molecule has 3 heterocycles. The number of hydrogen-bond acceptors (Lipinski definition) is 8. The van der Waals surface area contributed by atoms with E-state index in [9.17, 15) is 9.59 Å². The standard InChI is InChI=1S/C21H21N5O3S2/c1-5-29-19(28)17-12(3)22-20(31-17)23-18(27)13(4)30-21-25-24-16-10-11(2)14-8-6-7-9-15(14)26(16)21/h6-10,13H,5H2,1-4H3,(H,22,23,27). The average Bonchev–Trinajstić information content (AvgIpc) is 3.31. The van der Waals surface area contributed by atoms with E-state index >= 15 is 0 Å². The van der Waals surface area contributed by atoms with Gasteiger partial charge in [-0.25, -0.2) is 9.78 Å². The van der Waals surface area contributed by atoms with Crippen molar-refractivity contribution in [3.8, 4) is 0 Å². The minimum atomic E-state index is -0.456. The van der Waals surface area contributed by atoms with Crippen molar-refractivity contribution in [1.29, 1.82) is 0 Å². The summed E-state index contributed by atoms with van der Waals surface area (Å²) in [5.74, 6) is -0.667. The predicted octanol–water partition coefficient (Wildman–Crippen LogP) is 4.25. The van der Waals surface area contributed by atoms with Crippen LogP contribution in [-0.2, 0) is 9.53 Å². The number of amides is 1. The van der Waals surface area contributed by atoms with Gasteiger partial charge in [-0.1, -0.05) is 41.3 Å². The van der Waals surface area contributed by atoms with Crippen LogP contribution in [0.15, 0.2) is 35.5 Å². The van der Waals surface area contributed by atoms with Crippen molar-refractivity contribution in [2.45, 2.75) is 38.1 Å². The van der Waals surface area contributed by atoms with Crippen LogP contribution in [0.25, 0.3) is 16.6 Å². The largest absolute Gasteiger partial charge is 0.462 e. The second kappa shape index (κ2) is 8.64. The third-order valence-corrected chi connectivity index (χ3v) is 6.81. The van der Waals surface area contributed by atoms with Gasteiger partial charge in [-0.3, -0.25) is 9.20 Å². The van der Waals surface area contributed by atoms with Crippen molar-refractivity contribution in [2.75, 3.05) is 11.9 Å². The Hall–Kier alpha value is -2.98. The van der Waals surface area contributed by atoms with Crippen molar-refractivity contribution in [1.82, 2.24) is 19.6 Å². The molecule has 0 saturated heterocycles. The molecule has 1 N–H and O–H groups in total. The van der Waals surface area contributed by atoms with Gasteiger partial charge in [0.25, 0.3) is 0 Å². The van der Waals surface area contributed by atoms with E-state index in [2.05, 4.69) is 26.6 Å². The average molecular weight is 456 g/mol. The van der Waals surface area contributed by atoms with E-state index in [1.807, 2.05) is 35.6 Å². The van der Waals surface area contributed by atoms with Gasteiger partial charge in [-0.15, -0.1) is 10.2 Å². The Labute approximate surface area is 187 Å². The van der Waals surface area contributed by atoms with E-state index in [4.69, 9.17) is 4.74 Å². The molecule has 0 spiro atoms. The zero-order valence-electron chi connectivity index (χ0n) is 17.5. The first-order valence-corrected chi connectivity index (χ1v) is 11.4. The van der Waals surface area contributed by atoms with E-state index in [1.165, 1.54) is 11.8 Å². The molecule has 0 bridgehead atoms. The molecule has 10 heteroatoms. The van der Waals surface area contributed by atoms with Gasteiger partial charge in [-0.2, -0.15) is 0 Å². The molecule has 1 amide bonds. The molecular formula is C21H21N5O3S2. The van der Waals surface area contributed by atoms with E-state index in [0.29, 0.717) is 20.9 Å². The van der Waals surface area contributed by atoms with Gasteiger partial charge in [0.1, 0.15) is 4.88 Å². The lowest BCUT2D eigenvalue weighted by molar-refractivity contribution is -0.115. The lowest BCUT2D eigenvalue weighted by Gasteiger charge is -2.11. The normalized spacial score (nSPS) is 12.3. The number of esters is 1. The maximum atomic E-state index is 12.8. The number of aryl methyl sites for hydroxylation is 2. The number of pyridine rings is 1. The van der Waals surface area contributed by atoms with Gasteiger partial charge < -0.3 is 10.1 Å². The summed E-state index contributed by atoms with van der Waals surface area (Å²) in [4.78, 5) is 29.4. The highest BCUT2D eigenvalue weighted by Crippen LogP contribution is 2.29. The summed E-state index contributed by atoms with van der Waals surface area (Å²) in [6.07, 6.45) is 0. The molecule has 0 saturated carbocycles. The molecule has 1 aromatic carbocycles. The summed E-state index contributed by atoms with van der Waals surface area (Å²) in [5, 5.41) is 13.0. The minimum Gasteiger partial charge on any atom is -0.462 e. The number of thiazole rings is 1. The van der Waals surface area contributed by atoms with Crippen LogP contribution in [0.2, 0.25) is 0 Å². The first-order chi connectivity index (χ1) is 14.9. The molecule has 160 valence electrons. The number of hydrogen-bond donors (Lipinski definition) is 1. The molecule has 0 aliphatic rings. The van der Waals surface area contributed by atoms with E-state index in [0.717, 1.165) is 33.5 Å². The summed E-state index contributed by atoms with van der Waals surface area (Å²) >= 11 is 2.42. The fraction of sp³-hybridized carbons (Fsp3) is 0.286. The number of carbonyl (C=O) groups excluding carboxylic acids is 2. The molecule has 31 heavy (non-hydrogen) atoms. The van der Waals surface area contributed by atoms with Crippen molar-refractivity contribution in [2.24, 2.45) is 0 Å². The molecule has 1 unspecified atom stereocenters. The SMILES string of the molecule is CCOC(=O)c1sc(NC(=O)C(C)Sc2nnc3cc(C)c4ccccc4n23)nc1C. The van der Waals surface area contributed by atoms with E-state index in [1.54, 1.807) is 20.8 Å². The number of fused-ring (bicyclic) bond motifs is 3. The van der Waals surface area contributed by atoms with Crippen LogP contribution < -0.4 is 5.32 Å². The number of benzene rings is 1. The number of rotatable bonds is 6. The first kappa shape index (κ1) is 21.3. The Bertz CT molecular complexity index is 1300. The van der Waals surface area contributed by atoms with Crippen LogP contribution in [0.4, 0.5) is 5.13 Å². The fourth-order valence-electron chi connectivity index (χ4n) is 3.21. The zero-order chi connectivity index (χ0) is 22.1. The molecule has 4 rings (SSSR count). The molecule has 0 aliphatic heterocycles. The Balaban J connectivity index is 1.55. The van der Waals surface area contributed by atoms with Crippen LogP contribution in [0.1, 0.15) is 34.8 Å². The molecule has 4 aromatic rings. The number of nitrogens with one attached hydrogen (secondary N) is 1. The Morgan fingerprint density at radius 2 is 2.03 bits per heavy atom. The Morgan fingerprint density at radius 1 is 1.26 bits per heavy atom. The smallest absolute Gasteiger partial charge is 0.350 e. The van der Waals surface area contributed by atoms with Gasteiger partial charge in [0.2, 0.25) is 5.91 Å². The van der Waals surface area contributed by atoms with Gasteiger partial charge in [0.05, 0.1) is 23.1 Å². The highest BCUT2D eigenvalue weighted by Gasteiger charge is 2.22. The second-order valence-corrected chi connectivity index (χ2v) is 9.23. The van der Waals surface area contributed by atoms with Crippen molar-refractivity contribution >= 4 is 56.7 Å². The quantitative estimate of drug-likeness (QED) is 0.343. The second-order valence-electron chi connectivity index (χ2n) is 6.92. The van der Waals surface area contributed by atoms with Crippen molar-refractivity contribution in [3.05, 3.63) is 46.5 Å². The number of para-hydroxylation sites is 1. The van der Waals surface area contributed by atoms with Crippen molar-refractivity contribution in [3.63, 3.8) is 0 Å². The van der Waals surface area contributed by atoms with Gasteiger partial charge in [0.15, 0.2) is 15.9 Å². The van der Waals surface area contributed by atoms with E-state index in [-0.39, 0.29) is 12.5 Å². The predicted molar refractivity (Wildman–Crippen MR) is 122 cm³/mol. The lowest BCUT2D eigenvalue weighted by Crippen LogP contribution is -2.22. The van der Waals surface area contributed by atoms with Crippen LogP contribution >= 0.6 is 23.1 Å². The number of ether oxygens (including phenoxy) is 1. The maximum absolute atomic E-state index is 12.8. The minimum absolute atomic E-state index is 0.234. The van der Waals surface area contributed by atoms with Crippen LogP contribution in [-0.4, -0.2) is 43.3 Å². The summed E-state index contributed by atoms with van der Waals surface area (Å²) in [6, 6.07) is 10.0. The molecule has 0 radical (unpaired) electrons. The fourth-order valence-corrected chi connectivity index (χ4v) is 4.94. The third kappa shape index (κ3) is 4.13. The Kier molecular flexibility index (Phi) is 5.92. The topological polar surface area (TPSA) is 98.5 Å². The maximum Gasteiger partial charge on any atom is 0.350 e. The van der Waals surface area contributed by atoms with E-state index < -0.39 is 11.2 Å². The first-order valence-electron chi connectivity index (χ1n) is 9.74. The molecule has 3 aromatic heterocycles. The van der Waals surface area contributed by atoms with Gasteiger partial charge in [-0.05, 0) is 45.4 Å². The van der Waals surface area contributed by atoms with Crippen LogP contribution in [0.5, 0.6) is 0 Å².